The summed E-state index contributed by atoms with van der Waals surface area (Å²) in [5.74, 6) is 0.631. The van der Waals surface area contributed by atoms with Gasteiger partial charge in [-0.15, -0.1) is 0 Å². The van der Waals surface area contributed by atoms with Crippen LogP contribution < -0.4 is 4.74 Å². The second kappa shape index (κ2) is 6.45. The van der Waals surface area contributed by atoms with E-state index in [1.165, 1.54) is 6.21 Å². The van der Waals surface area contributed by atoms with E-state index in [1.807, 2.05) is 18.2 Å². The average molecular weight is 296 g/mol. The molecule has 0 saturated carbocycles. The van der Waals surface area contributed by atoms with Crippen molar-refractivity contribution in [3.8, 4) is 5.75 Å². The Morgan fingerprint density at radius 3 is 2.63 bits per heavy atom. The van der Waals surface area contributed by atoms with Gasteiger partial charge in [0.25, 0.3) is 0 Å². The summed E-state index contributed by atoms with van der Waals surface area (Å²) < 4.78 is 5.67. The van der Waals surface area contributed by atoms with E-state index in [0.717, 1.165) is 5.56 Å². The number of hydrogen-bond acceptors (Lipinski definition) is 3. The number of hydrogen-bond donors (Lipinski definition) is 1. The molecule has 0 atom stereocenters. The monoisotopic (exact) mass is 295 g/mol. The van der Waals surface area contributed by atoms with E-state index >= 15 is 0 Å². The van der Waals surface area contributed by atoms with Crippen LogP contribution in [0.5, 0.6) is 5.75 Å². The summed E-state index contributed by atoms with van der Waals surface area (Å²) in [5, 5.41) is 12.6. The zero-order valence-electron chi connectivity index (χ0n) is 9.88. The number of ether oxygens (including phenoxy) is 1. The predicted molar refractivity (Wildman–Crippen MR) is 76.6 cm³/mol. The summed E-state index contributed by atoms with van der Waals surface area (Å²) in [6.45, 7) is 0.354. The van der Waals surface area contributed by atoms with E-state index in [4.69, 9.17) is 33.1 Å². The van der Waals surface area contributed by atoms with Crippen LogP contribution in [0.4, 0.5) is 0 Å². The summed E-state index contributed by atoms with van der Waals surface area (Å²) >= 11 is 11.8. The van der Waals surface area contributed by atoms with E-state index < -0.39 is 0 Å². The van der Waals surface area contributed by atoms with Crippen LogP contribution >= 0.6 is 23.2 Å². The van der Waals surface area contributed by atoms with Crippen LogP contribution in [-0.4, -0.2) is 11.4 Å². The van der Waals surface area contributed by atoms with Gasteiger partial charge in [-0.25, -0.2) is 0 Å². The van der Waals surface area contributed by atoms with Crippen molar-refractivity contribution in [2.24, 2.45) is 5.16 Å². The zero-order valence-corrected chi connectivity index (χ0v) is 11.4. The zero-order chi connectivity index (χ0) is 13.7. The Kier molecular flexibility index (Phi) is 4.66. The Hall–Kier alpha value is -1.71. The maximum atomic E-state index is 8.58. The number of nitrogens with zero attached hydrogens (tertiary/aromatic N) is 1. The van der Waals surface area contributed by atoms with Crippen molar-refractivity contribution in [3.05, 3.63) is 63.6 Å². The SMILES string of the molecule is ON=Cc1ccccc1OCc1ccc(Cl)c(Cl)c1. The fourth-order valence-corrected chi connectivity index (χ4v) is 1.89. The lowest BCUT2D eigenvalue weighted by molar-refractivity contribution is 0.304. The fraction of sp³-hybridized carbons (Fsp3) is 0.0714. The summed E-state index contributed by atoms with van der Waals surface area (Å²) in [7, 11) is 0. The second-order valence-corrected chi connectivity index (χ2v) is 4.63. The van der Waals surface area contributed by atoms with Gasteiger partial charge < -0.3 is 9.94 Å². The molecule has 0 saturated heterocycles. The van der Waals surface area contributed by atoms with Gasteiger partial charge in [-0.2, -0.15) is 0 Å². The molecule has 0 aliphatic carbocycles. The van der Waals surface area contributed by atoms with E-state index in [9.17, 15) is 0 Å². The van der Waals surface area contributed by atoms with Crippen LogP contribution in [-0.2, 0) is 6.61 Å². The lowest BCUT2D eigenvalue weighted by Gasteiger charge is -2.09. The minimum Gasteiger partial charge on any atom is -0.488 e. The first-order valence-electron chi connectivity index (χ1n) is 5.54. The first kappa shape index (κ1) is 13.7. The molecule has 0 bridgehead atoms. The largest absolute Gasteiger partial charge is 0.488 e. The van der Waals surface area contributed by atoms with Crippen LogP contribution in [0.1, 0.15) is 11.1 Å². The fourth-order valence-electron chi connectivity index (χ4n) is 1.57. The third-order valence-corrected chi connectivity index (χ3v) is 3.23. The first-order chi connectivity index (χ1) is 9.20. The molecule has 2 aromatic rings. The maximum absolute atomic E-state index is 8.58. The molecule has 0 radical (unpaired) electrons. The molecule has 2 rings (SSSR count). The number of rotatable bonds is 4. The van der Waals surface area contributed by atoms with E-state index in [2.05, 4.69) is 5.16 Å². The first-order valence-corrected chi connectivity index (χ1v) is 6.29. The van der Waals surface area contributed by atoms with Crippen molar-refractivity contribution >= 4 is 29.4 Å². The van der Waals surface area contributed by atoms with Gasteiger partial charge in [-0.1, -0.05) is 46.6 Å². The molecule has 0 spiro atoms. The van der Waals surface area contributed by atoms with E-state index in [0.29, 0.717) is 28.0 Å². The number of benzene rings is 2. The normalized spacial score (nSPS) is 10.8. The number of halogens is 2. The highest BCUT2D eigenvalue weighted by atomic mass is 35.5. The van der Waals surface area contributed by atoms with Crippen LogP contribution in [0, 0.1) is 0 Å². The summed E-state index contributed by atoms with van der Waals surface area (Å²) in [6.07, 6.45) is 1.32. The Bertz CT molecular complexity index is 600. The highest BCUT2D eigenvalue weighted by Gasteiger charge is 2.03. The van der Waals surface area contributed by atoms with Gasteiger partial charge in [0, 0.05) is 5.56 Å². The molecule has 0 aliphatic rings. The van der Waals surface area contributed by atoms with Crippen molar-refractivity contribution < 1.29 is 9.94 Å². The van der Waals surface area contributed by atoms with Crippen molar-refractivity contribution in [2.45, 2.75) is 6.61 Å². The van der Waals surface area contributed by atoms with Crippen LogP contribution in [0.25, 0.3) is 0 Å². The molecule has 0 aliphatic heterocycles. The molecule has 1 N–H and O–H groups in total. The standard InChI is InChI=1S/C14H11Cl2NO2/c15-12-6-5-10(7-13(12)16)9-19-14-4-2-1-3-11(14)8-17-18/h1-8,18H,9H2. The summed E-state index contributed by atoms with van der Waals surface area (Å²) in [4.78, 5) is 0. The van der Waals surface area contributed by atoms with Crippen LogP contribution in [0.2, 0.25) is 10.0 Å². The molecule has 19 heavy (non-hydrogen) atoms. The molecule has 2 aromatic carbocycles. The highest BCUT2D eigenvalue weighted by Crippen LogP contribution is 2.24. The molecule has 98 valence electrons. The Morgan fingerprint density at radius 1 is 1.11 bits per heavy atom. The molecule has 0 aromatic heterocycles. The Labute approximate surface area is 121 Å². The number of oxime groups is 1. The minimum absolute atomic E-state index is 0.354. The average Bonchev–Trinajstić information content (AvgIpc) is 2.42. The van der Waals surface area contributed by atoms with E-state index in [1.54, 1.807) is 24.3 Å². The molecule has 0 unspecified atom stereocenters. The van der Waals surface area contributed by atoms with Gasteiger partial charge in [0.15, 0.2) is 0 Å². The molecule has 0 amide bonds. The highest BCUT2D eigenvalue weighted by molar-refractivity contribution is 6.42. The van der Waals surface area contributed by atoms with Crippen molar-refractivity contribution in [2.75, 3.05) is 0 Å². The van der Waals surface area contributed by atoms with Crippen LogP contribution in [0.3, 0.4) is 0 Å². The van der Waals surface area contributed by atoms with Crippen molar-refractivity contribution in [1.82, 2.24) is 0 Å². The molecular formula is C14H11Cl2NO2. The second-order valence-electron chi connectivity index (χ2n) is 3.82. The molecule has 5 heteroatoms. The number of para-hydroxylation sites is 1. The Morgan fingerprint density at radius 2 is 1.89 bits per heavy atom. The lowest BCUT2D eigenvalue weighted by atomic mass is 10.2. The summed E-state index contributed by atoms with van der Waals surface area (Å²) in [5.41, 5.74) is 1.61. The smallest absolute Gasteiger partial charge is 0.128 e. The molecule has 0 fully saturated rings. The predicted octanol–water partition coefficient (Wildman–Crippen LogP) is 4.38. The third-order valence-electron chi connectivity index (χ3n) is 2.49. The lowest BCUT2D eigenvalue weighted by Crippen LogP contribution is -1.98. The van der Waals surface area contributed by atoms with Gasteiger partial charge >= 0.3 is 0 Å². The maximum Gasteiger partial charge on any atom is 0.128 e. The molecular weight excluding hydrogens is 285 g/mol. The Balaban J connectivity index is 2.12. The van der Waals surface area contributed by atoms with Crippen molar-refractivity contribution in [1.29, 1.82) is 0 Å². The van der Waals surface area contributed by atoms with Crippen molar-refractivity contribution in [3.63, 3.8) is 0 Å². The van der Waals surface area contributed by atoms with Gasteiger partial charge in [0.2, 0.25) is 0 Å². The quantitative estimate of drug-likeness (QED) is 0.517. The molecule has 3 nitrogen and oxygen atoms in total. The van der Waals surface area contributed by atoms with Gasteiger partial charge in [-0.05, 0) is 29.8 Å². The topological polar surface area (TPSA) is 41.8 Å². The van der Waals surface area contributed by atoms with Gasteiger partial charge in [0.1, 0.15) is 12.4 Å². The van der Waals surface area contributed by atoms with E-state index in [-0.39, 0.29) is 0 Å². The van der Waals surface area contributed by atoms with Crippen LogP contribution in [0.15, 0.2) is 47.6 Å². The van der Waals surface area contributed by atoms with Gasteiger partial charge in [0.05, 0.1) is 16.3 Å². The van der Waals surface area contributed by atoms with Gasteiger partial charge in [-0.3, -0.25) is 0 Å². The minimum atomic E-state index is 0.354. The third kappa shape index (κ3) is 3.63. The molecule has 0 heterocycles. The summed E-state index contributed by atoms with van der Waals surface area (Å²) in [6, 6.07) is 12.6.